The predicted molar refractivity (Wildman–Crippen MR) is 110 cm³/mol. The highest BCUT2D eigenvalue weighted by molar-refractivity contribution is 6.76. The van der Waals surface area contributed by atoms with Crippen molar-refractivity contribution in [2.24, 2.45) is 5.92 Å². The number of carbonyl (C=O) groups excluding carboxylic acids is 3. The summed E-state index contributed by atoms with van der Waals surface area (Å²) in [5.41, 5.74) is 0.851. The van der Waals surface area contributed by atoms with Crippen LogP contribution in [-0.4, -0.2) is 45.2 Å². The summed E-state index contributed by atoms with van der Waals surface area (Å²) < 4.78 is 10.0. The first-order chi connectivity index (χ1) is 13.0. The number of esters is 1. The highest BCUT2D eigenvalue weighted by atomic mass is 28.3. The molecule has 0 saturated heterocycles. The lowest BCUT2D eigenvalue weighted by molar-refractivity contribution is -0.144. The van der Waals surface area contributed by atoms with Gasteiger partial charge in [-0.25, -0.2) is 9.59 Å². The number of benzene rings is 1. The van der Waals surface area contributed by atoms with Gasteiger partial charge in [-0.3, -0.25) is 4.79 Å². The Labute approximate surface area is 168 Å². The molecule has 0 fully saturated rings. The van der Waals surface area contributed by atoms with E-state index in [4.69, 9.17) is 9.47 Å². The summed E-state index contributed by atoms with van der Waals surface area (Å²) in [6.07, 6.45) is -0.683. The minimum Gasteiger partial charge on any atom is -0.467 e. The minimum absolute atomic E-state index is 0.111. The van der Waals surface area contributed by atoms with E-state index >= 15 is 0 Å². The molecule has 1 unspecified atom stereocenters. The van der Waals surface area contributed by atoms with E-state index in [9.17, 15) is 14.4 Å². The monoisotopic (exact) mass is 408 g/mol. The molecule has 8 heteroatoms. The summed E-state index contributed by atoms with van der Waals surface area (Å²) in [4.78, 5) is 37.0. The summed E-state index contributed by atoms with van der Waals surface area (Å²) in [5.74, 6) is -1.10. The molecule has 156 valence electrons. The topological polar surface area (TPSA) is 93.7 Å². The average molecular weight is 409 g/mol. The summed E-state index contributed by atoms with van der Waals surface area (Å²) in [6.45, 7) is 10.1. The Morgan fingerprint density at radius 2 is 1.64 bits per heavy atom. The largest absolute Gasteiger partial charge is 0.467 e. The first-order valence-corrected chi connectivity index (χ1v) is 13.1. The Balaban J connectivity index is 2.72. The molecule has 1 aromatic carbocycles. The number of alkyl carbamates (subject to hydrolysis) is 1. The van der Waals surface area contributed by atoms with E-state index in [2.05, 4.69) is 30.3 Å². The molecule has 0 aromatic heterocycles. The molecular weight excluding hydrogens is 376 g/mol. The molecule has 2 atom stereocenters. The first kappa shape index (κ1) is 23.7. The maximum absolute atomic E-state index is 12.7. The van der Waals surface area contributed by atoms with Crippen molar-refractivity contribution in [1.82, 2.24) is 10.6 Å². The fraction of sp³-hybridized carbons (Fsp3) is 0.550. The molecule has 0 aliphatic carbocycles. The zero-order valence-corrected chi connectivity index (χ0v) is 18.6. The van der Waals surface area contributed by atoms with Gasteiger partial charge in [-0.1, -0.05) is 63.8 Å². The van der Waals surface area contributed by atoms with Crippen LogP contribution in [-0.2, 0) is 25.7 Å². The third kappa shape index (κ3) is 8.56. The van der Waals surface area contributed by atoms with Gasteiger partial charge in [-0.05, 0) is 17.5 Å². The molecule has 0 aliphatic heterocycles. The van der Waals surface area contributed by atoms with Crippen molar-refractivity contribution in [2.45, 2.75) is 58.2 Å². The molecule has 2 amide bonds. The van der Waals surface area contributed by atoms with Gasteiger partial charge < -0.3 is 20.1 Å². The van der Waals surface area contributed by atoms with Crippen LogP contribution >= 0.6 is 0 Å². The lowest BCUT2D eigenvalue weighted by Gasteiger charge is -2.27. The molecule has 0 aliphatic rings. The average Bonchev–Trinajstić information content (AvgIpc) is 2.62. The van der Waals surface area contributed by atoms with Gasteiger partial charge in [0.05, 0.1) is 7.11 Å². The van der Waals surface area contributed by atoms with Gasteiger partial charge >= 0.3 is 12.1 Å². The fourth-order valence-corrected chi connectivity index (χ4v) is 4.13. The second kappa shape index (κ2) is 10.8. The Hall–Kier alpha value is -2.35. The Morgan fingerprint density at radius 1 is 1.04 bits per heavy atom. The van der Waals surface area contributed by atoms with Gasteiger partial charge in [0.25, 0.3) is 0 Å². The van der Waals surface area contributed by atoms with Gasteiger partial charge in [0.15, 0.2) is 0 Å². The maximum atomic E-state index is 12.7. The molecule has 2 N–H and O–H groups in total. The SMILES string of the molecule is COC(=O)C(C[Si](C)(C)C)NC(=O)[C@@H](NC(=O)OCc1ccccc1)C(C)C. The number of ether oxygens (including phenoxy) is 2. The van der Waals surface area contributed by atoms with Crippen LogP contribution in [0.3, 0.4) is 0 Å². The molecule has 0 saturated carbocycles. The van der Waals surface area contributed by atoms with E-state index < -0.39 is 38.1 Å². The van der Waals surface area contributed by atoms with Crippen molar-refractivity contribution in [2.75, 3.05) is 7.11 Å². The number of rotatable bonds is 9. The third-order valence-electron chi connectivity index (χ3n) is 4.05. The minimum atomic E-state index is -1.64. The normalized spacial score (nSPS) is 13.4. The Morgan fingerprint density at radius 3 is 2.14 bits per heavy atom. The lowest BCUT2D eigenvalue weighted by atomic mass is 10.0. The van der Waals surface area contributed by atoms with Crippen LogP contribution in [0.15, 0.2) is 30.3 Å². The second-order valence-corrected chi connectivity index (χ2v) is 13.8. The van der Waals surface area contributed by atoms with Gasteiger partial charge in [-0.2, -0.15) is 0 Å². The molecule has 0 bridgehead atoms. The molecule has 1 aromatic rings. The Bertz CT molecular complexity index is 658. The number of carbonyl (C=O) groups is 3. The Kier molecular flexibility index (Phi) is 9.17. The number of methoxy groups -OCH3 is 1. The van der Waals surface area contributed by atoms with Gasteiger partial charge in [0.2, 0.25) is 5.91 Å². The summed E-state index contributed by atoms with van der Waals surface area (Å²) in [6, 6.07) is 8.27. The first-order valence-electron chi connectivity index (χ1n) is 9.39. The molecule has 0 heterocycles. The maximum Gasteiger partial charge on any atom is 0.408 e. The zero-order chi connectivity index (χ0) is 21.3. The summed E-state index contributed by atoms with van der Waals surface area (Å²) in [7, 11) is -0.341. The number of hydrogen-bond donors (Lipinski definition) is 2. The predicted octanol–water partition coefficient (Wildman–Crippen LogP) is 2.93. The van der Waals surface area contributed by atoms with Crippen molar-refractivity contribution in [1.29, 1.82) is 0 Å². The number of nitrogens with one attached hydrogen (secondary N) is 2. The highest BCUT2D eigenvalue weighted by Gasteiger charge is 2.32. The molecule has 7 nitrogen and oxygen atoms in total. The highest BCUT2D eigenvalue weighted by Crippen LogP contribution is 2.14. The van der Waals surface area contributed by atoms with E-state index in [1.165, 1.54) is 7.11 Å². The van der Waals surface area contributed by atoms with E-state index in [1.807, 2.05) is 44.2 Å². The quantitative estimate of drug-likeness (QED) is 0.484. The summed E-state index contributed by atoms with van der Waals surface area (Å²) >= 11 is 0. The van der Waals surface area contributed by atoms with Gasteiger partial charge in [-0.15, -0.1) is 0 Å². The van der Waals surface area contributed by atoms with Crippen molar-refractivity contribution in [3.63, 3.8) is 0 Å². The molecule has 28 heavy (non-hydrogen) atoms. The van der Waals surface area contributed by atoms with E-state index in [-0.39, 0.29) is 12.5 Å². The van der Waals surface area contributed by atoms with E-state index in [1.54, 1.807) is 0 Å². The third-order valence-corrected chi connectivity index (χ3v) is 5.69. The van der Waals surface area contributed by atoms with Crippen LogP contribution in [0.2, 0.25) is 25.7 Å². The van der Waals surface area contributed by atoms with Crippen LogP contribution in [0.25, 0.3) is 0 Å². The lowest BCUT2D eigenvalue weighted by Crippen LogP contribution is -2.55. The van der Waals surface area contributed by atoms with E-state index in [0.717, 1.165) is 5.56 Å². The molecular formula is C20H32N2O5Si. The van der Waals surface area contributed by atoms with Crippen molar-refractivity contribution < 1.29 is 23.9 Å². The van der Waals surface area contributed by atoms with Crippen molar-refractivity contribution in [3.8, 4) is 0 Å². The van der Waals surface area contributed by atoms with Gasteiger partial charge in [0, 0.05) is 8.07 Å². The van der Waals surface area contributed by atoms with Crippen LogP contribution in [0.1, 0.15) is 19.4 Å². The van der Waals surface area contributed by atoms with Crippen molar-refractivity contribution in [3.05, 3.63) is 35.9 Å². The standard InChI is InChI=1S/C20H32N2O5Si/c1-14(2)17(22-20(25)27-12-15-10-8-7-9-11-15)18(23)21-16(19(24)26-3)13-28(4,5)6/h7-11,14,16-17H,12-13H2,1-6H3,(H,21,23)(H,22,25)/t16?,17-/m0/s1. The molecule has 1 rings (SSSR count). The molecule has 0 radical (unpaired) electrons. The van der Waals surface area contributed by atoms with Crippen LogP contribution in [0.4, 0.5) is 4.79 Å². The zero-order valence-electron chi connectivity index (χ0n) is 17.6. The second-order valence-electron chi connectivity index (χ2n) is 8.28. The summed E-state index contributed by atoms with van der Waals surface area (Å²) in [5, 5.41) is 5.33. The van der Waals surface area contributed by atoms with Crippen molar-refractivity contribution >= 4 is 26.0 Å². The van der Waals surface area contributed by atoms with Crippen LogP contribution in [0, 0.1) is 5.92 Å². The van der Waals surface area contributed by atoms with E-state index in [0.29, 0.717) is 6.04 Å². The smallest absolute Gasteiger partial charge is 0.408 e. The molecule has 0 spiro atoms. The van der Waals surface area contributed by atoms with Crippen LogP contribution < -0.4 is 10.6 Å². The van der Waals surface area contributed by atoms with Gasteiger partial charge in [0.1, 0.15) is 18.7 Å². The van der Waals surface area contributed by atoms with Crippen LogP contribution in [0.5, 0.6) is 0 Å². The number of amides is 2. The number of hydrogen-bond acceptors (Lipinski definition) is 5. The fourth-order valence-electron chi connectivity index (χ4n) is 2.64.